The molecule has 11 rings (SSSR count). The largest absolute Gasteiger partial charge is 0.308 e. The minimum absolute atomic E-state index is 0.656. The zero-order chi connectivity index (χ0) is 32.8. The Balaban J connectivity index is 1.16. The lowest BCUT2D eigenvalue weighted by molar-refractivity contribution is 0.995. The van der Waals surface area contributed by atoms with Crippen LogP contribution in [0.1, 0.15) is 0 Å². The number of fused-ring (bicyclic) bond motifs is 9. The molecular formula is C46H28N4. The van der Waals surface area contributed by atoms with Crippen LogP contribution in [0.3, 0.4) is 0 Å². The molecule has 0 fully saturated rings. The van der Waals surface area contributed by atoms with Gasteiger partial charge in [0.2, 0.25) is 5.95 Å². The van der Waals surface area contributed by atoms with E-state index < -0.39 is 0 Å². The van der Waals surface area contributed by atoms with Crippen LogP contribution in [0.2, 0.25) is 0 Å². The highest BCUT2D eigenvalue weighted by Gasteiger charge is 2.20. The Morgan fingerprint density at radius 2 is 0.780 bits per heavy atom. The molecule has 11 aromatic rings. The van der Waals surface area contributed by atoms with E-state index in [9.17, 15) is 0 Å². The number of para-hydroxylation sites is 3. The molecule has 0 aliphatic heterocycles. The quantitative estimate of drug-likeness (QED) is 0.193. The summed E-state index contributed by atoms with van der Waals surface area (Å²) in [5, 5.41) is 7.47. The number of benzene rings is 7. The zero-order valence-electron chi connectivity index (χ0n) is 27.0. The first-order valence-corrected chi connectivity index (χ1v) is 17.0. The Morgan fingerprint density at radius 3 is 1.36 bits per heavy atom. The first kappa shape index (κ1) is 27.2. The molecule has 0 atom stereocenters. The van der Waals surface area contributed by atoms with Crippen LogP contribution in [0.25, 0.3) is 99.5 Å². The monoisotopic (exact) mass is 636 g/mol. The summed E-state index contributed by atoms with van der Waals surface area (Å²) >= 11 is 0. The zero-order valence-corrected chi connectivity index (χ0v) is 27.0. The maximum atomic E-state index is 5.21. The van der Waals surface area contributed by atoms with Crippen molar-refractivity contribution in [3.05, 3.63) is 170 Å². The van der Waals surface area contributed by atoms with Gasteiger partial charge in [-0.05, 0) is 59.7 Å². The predicted octanol–water partition coefficient (Wildman–Crippen LogP) is 11.7. The van der Waals surface area contributed by atoms with Gasteiger partial charge in [0.15, 0.2) is 0 Å². The van der Waals surface area contributed by atoms with Crippen LogP contribution in [0.5, 0.6) is 0 Å². The molecule has 0 unspecified atom stereocenters. The highest BCUT2D eigenvalue weighted by Crippen LogP contribution is 2.42. The molecule has 232 valence electrons. The smallest absolute Gasteiger partial charge is 0.235 e. The maximum absolute atomic E-state index is 5.21. The molecule has 0 N–H and O–H groups in total. The molecule has 0 saturated heterocycles. The number of hydrogen-bond donors (Lipinski definition) is 0. The predicted molar refractivity (Wildman–Crippen MR) is 207 cm³/mol. The third-order valence-corrected chi connectivity index (χ3v) is 10.3. The fourth-order valence-corrected chi connectivity index (χ4v) is 8.03. The van der Waals surface area contributed by atoms with Crippen molar-refractivity contribution in [1.82, 2.24) is 18.9 Å². The fraction of sp³-hybridized carbons (Fsp3) is 0. The number of rotatable bonds is 4. The summed E-state index contributed by atoms with van der Waals surface area (Å²) in [5.74, 6) is 0.656. The van der Waals surface area contributed by atoms with E-state index in [4.69, 9.17) is 9.97 Å². The fourth-order valence-electron chi connectivity index (χ4n) is 8.03. The average molecular weight is 637 g/mol. The summed E-state index contributed by atoms with van der Waals surface area (Å²) in [5.41, 5.74) is 12.2. The van der Waals surface area contributed by atoms with Gasteiger partial charge in [0, 0.05) is 43.4 Å². The topological polar surface area (TPSA) is 35.1 Å². The summed E-state index contributed by atoms with van der Waals surface area (Å²) < 4.78 is 4.66. The highest BCUT2D eigenvalue weighted by atomic mass is 15.2. The van der Waals surface area contributed by atoms with Gasteiger partial charge in [-0.25, -0.2) is 9.97 Å². The summed E-state index contributed by atoms with van der Waals surface area (Å²) in [6.07, 6.45) is 0. The Kier molecular flexibility index (Phi) is 5.63. The maximum Gasteiger partial charge on any atom is 0.235 e. The Hall–Kier alpha value is -6.78. The molecule has 4 nitrogen and oxygen atoms in total. The molecular weight excluding hydrogens is 609 g/mol. The number of hydrogen-bond acceptors (Lipinski definition) is 2. The van der Waals surface area contributed by atoms with Gasteiger partial charge in [-0.3, -0.25) is 4.57 Å². The lowest BCUT2D eigenvalue weighted by Gasteiger charge is -2.12. The highest BCUT2D eigenvalue weighted by molar-refractivity contribution is 6.24. The van der Waals surface area contributed by atoms with Crippen LogP contribution in [-0.4, -0.2) is 18.9 Å². The van der Waals surface area contributed by atoms with Gasteiger partial charge in [-0.1, -0.05) is 121 Å². The van der Waals surface area contributed by atoms with Crippen molar-refractivity contribution in [3.63, 3.8) is 0 Å². The minimum atomic E-state index is 0.656. The van der Waals surface area contributed by atoms with Gasteiger partial charge in [0.05, 0.1) is 39.0 Å². The molecule has 0 radical (unpaired) electrons. The van der Waals surface area contributed by atoms with E-state index in [1.165, 1.54) is 60.0 Å². The standard InChI is InChI=1S/C46H28N4/c1-3-13-29(14-4-1)39-28-40(30-15-5-2-6-16-30)48-46(47-39)50-43-22-12-7-17-33(43)36-25-31(23-24-44(36)50)32-26-37-34-18-8-10-20-41(34)49-42-21-11-9-19-35(42)38(27-32)45(37)49/h1-28H. The normalized spacial score (nSPS) is 12.0. The molecule has 4 heterocycles. The van der Waals surface area contributed by atoms with Crippen molar-refractivity contribution in [3.8, 4) is 39.6 Å². The van der Waals surface area contributed by atoms with Gasteiger partial charge in [0.1, 0.15) is 0 Å². The van der Waals surface area contributed by atoms with Crippen molar-refractivity contribution in [2.45, 2.75) is 0 Å². The number of nitrogens with zero attached hydrogens (tertiary/aromatic N) is 4. The van der Waals surface area contributed by atoms with Crippen LogP contribution in [0.4, 0.5) is 0 Å². The summed E-state index contributed by atoms with van der Waals surface area (Å²) in [6.45, 7) is 0. The second kappa shape index (κ2) is 10.4. The second-order valence-electron chi connectivity index (χ2n) is 13.0. The van der Waals surface area contributed by atoms with E-state index in [1.54, 1.807) is 0 Å². The van der Waals surface area contributed by atoms with Gasteiger partial charge >= 0.3 is 0 Å². The average Bonchev–Trinajstić information content (AvgIpc) is 3.83. The van der Waals surface area contributed by atoms with Crippen molar-refractivity contribution < 1.29 is 0 Å². The van der Waals surface area contributed by atoms with E-state index in [-0.39, 0.29) is 0 Å². The van der Waals surface area contributed by atoms with E-state index in [0.717, 1.165) is 33.5 Å². The molecule has 0 amide bonds. The lowest BCUT2D eigenvalue weighted by atomic mass is 9.98. The molecule has 0 bridgehead atoms. The molecule has 0 saturated carbocycles. The summed E-state index contributed by atoms with van der Waals surface area (Å²) in [4.78, 5) is 10.4. The molecule has 4 aromatic heterocycles. The molecule has 7 aromatic carbocycles. The first-order chi connectivity index (χ1) is 24.8. The third kappa shape index (κ3) is 3.87. The molecule has 0 spiro atoms. The summed E-state index contributed by atoms with van der Waals surface area (Å²) in [6, 6.07) is 60.6. The van der Waals surface area contributed by atoms with E-state index >= 15 is 0 Å². The molecule has 0 aliphatic rings. The Labute approximate surface area is 287 Å². The van der Waals surface area contributed by atoms with Crippen LogP contribution in [-0.2, 0) is 0 Å². The molecule has 0 aliphatic carbocycles. The van der Waals surface area contributed by atoms with Gasteiger partial charge in [-0.15, -0.1) is 0 Å². The minimum Gasteiger partial charge on any atom is -0.308 e. The van der Waals surface area contributed by atoms with Crippen molar-refractivity contribution in [1.29, 1.82) is 0 Å². The van der Waals surface area contributed by atoms with Crippen LogP contribution < -0.4 is 0 Å². The van der Waals surface area contributed by atoms with Gasteiger partial charge < -0.3 is 4.40 Å². The van der Waals surface area contributed by atoms with Crippen molar-refractivity contribution >= 4 is 59.9 Å². The molecule has 4 heteroatoms. The van der Waals surface area contributed by atoms with Crippen LogP contribution >= 0.6 is 0 Å². The van der Waals surface area contributed by atoms with Crippen molar-refractivity contribution in [2.75, 3.05) is 0 Å². The molecule has 50 heavy (non-hydrogen) atoms. The Morgan fingerprint density at radius 1 is 0.320 bits per heavy atom. The van der Waals surface area contributed by atoms with Gasteiger partial charge in [-0.2, -0.15) is 0 Å². The van der Waals surface area contributed by atoms with E-state index in [1.807, 2.05) is 12.1 Å². The lowest BCUT2D eigenvalue weighted by Crippen LogP contribution is -2.03. The van der Waals surface area contributed by atoms with Gasteiger partial charge in [0.25, 0.3) is 0 Å². The van der Waals surface area contributed by atoms with Crippen molar-refractivity contribution in [2.24, 2.45) is 0 Å². The first-order valence-electron chi connectivity index (χ1n) is 17.0. The van der Waals surface area contributed by atoms with Crippen LogP contribution in [0, 0.1) is 0 Å². The summed E-state index contributed by atoms with van der Waals surface area (Å²) in [7, 11) is 0. The SMILES string of the molecule is c1ccc(-c2cc(-c3ccccc3)nc(-n3c4ccccc4c4cc(-c5cc6c7ccccc7n7c8ccccc8c(c5)c67)ccc43)n2)cc1. The second-order valence-corrected chi connectivity index (χ2v) is 13.0. The van der Waals surface area contributed by atoms with E-state index in [0.29, 0.717) is 5.95 Å². The van der Waals surface area contributed by atoms with E-state index in [2.05, 4.69) is 167 Å². The van der Waals surface area contributed by atoms with Crippen LogP contribution in [0.15, 0.2) is 170 Å². The number of aromatic nitrogens is 4. The third-order valence-electron chi connectivity index (χ3n) is 10.3. The Bertz CT molecular complexity index is 2940.